The van der Waals surface area contributed by atoms with Crippen molar-refractivity contribution < 1.29 is 43.4 Å². The van der Waals surface area contributed by atoms with Gasteiger partial charge in [-0.2, -0.15) is 0 Å². The number of hydrogen-bond acceptors (Lipinski definition) is 6. The summed E-state index contributed by atoms with van der Waals surface area (Å²) in [5.74, 6) is -1.11. The van der Waals surface area contributed by atoms with Crippen LogP contribution in [0.1, 0.15) is 24.8 Å². The van der Waals surface area contributed by atoms with Crippen LogP contribution in [-0.2, 0) is 25.1 Å². The van der Waals surface area contributed by atoms with Gasteiger partial charge >= 0.3 is 15.2 Å². The summed E-state index contributed by atoms with van der Waals surface area (Å²) in [5, 5.41) is 14.2. The Morgan fingerprint density at radius 2 is 1.74 bits per heavy atom. The predicted octanol–water partition coefficient (Wildman–Crippen LogP) is -1.03. The molecule has 1 aromatic carbocycles. The SMILES string of the molecule is O=C(N[C@@H](Cc1ccccc1)C(=O)NCCC(O)(P(=O)(O)O)P(=O)(O)O)[C@@H]1CCCN1. The largest absolute Gasteiger partial charge is 0.369 e. The fourth-order valence-electron chi connectivity index (χ4n) is 3.18. The average molecular weight is 479 g/mol. The Bertz CT molecular complexity index is 843. The third-order valence-electron chi connectivity index (χ3n) is 4.99. The zero-order valence-corrected chi connectivity index (χ0v) is 18.3. The van der Waals surface area contributed by atoms with Crippen molar-refractivity contribution in [2.45, 2.75) is 42.9 Å². The second-order valence-corrected chi connectivity index (χ2v) is 11.3. The highest BCUT2D eigenvalue weighted by atomic mass is 31.2. The third-order valence-corrected chi connectivity index (χ3v) is 8.86. The van der Waals surface area contributed by atoms with Crippen LogP contribution in [0.2, 0.25) is 0 Å². The first-order valence-corrected chi connectivity index (χ1v) is 12.8. The Morgan fingerprint density at radius 3 is 2.26 bits per heavy atom. The fraction of sp³-hybridized carbons (Fsp3) is 0.529. The van der Waals surface area contributed by atoms with Gasteiger partial charge < -0.3 is 40.6 Å². The van der Waals surface area contributed by atoms with Gasteiger partial charge in [-0.3, -0.25) is 18.7 Å². The second-order valence-electron chi connectivity index (χ2n) is 7.30. The van der Waals surface area contributed by atoms with Crippen LogP contribution in [0.4, 0.5) is 0 Å². The van der Waals surface area contributed by atoms with Crippen molar-refractivity contribution in [2.75, 3.05) is 13.1 Å². The molecular formula is C17H27N3O9P2. The van der Waals surface area contributed by atoms with Crippen molar-refractivity contribution in [1.82, 2.24) is 16.0 Å². The van der Waals surface area contributed by atoms with Crippen LogP contribution in [0, 0.1) is 0 Å². The molecule has 2 amide bonds. The van der Waals surface area contributed by atoms with Crippen molar-refractivity contribution in [3.63, 3.8) is 0 Å². The summed E-state index contributed by atoms with van der Waals surface area (Å²) in [6.07, 6.45) is 0.454. The van der Waals surface area contributed by atoms with E-state index in [2.05, 4.69) is 16.0 Å². The number of rotatable bonds is 10. The van der Waals surface area contributed by atoms with E-state index in [9.17, 15) is 43.4 Å². The van der Waals surface area contributed by atoms with E-state index in [1.54, 1.807) is 30.3 Å². The first-order valence-electron chi connectivity index (χ1n) is 9.54. The van der Waals surface area contributed by atoms with E-state index in [0.717, 1.165) is 12.0 Å². The number of aliphatic hydroxyl groups is 1. The van der Waals surface area contributed by atoms with Crippen molar-refractivity contribution in [3.05, 3.63) is 35.9 Å². The zero-order valence-electron chi connectivity index (χ0n) is 16.5. The van der Waals surface area contributed by atoms with Crippen LogP contribution in [0.25, 0.3) is 0 Å². The molecule has 1 heterocycles. The minimum Gasteiger partial charge on any atom is -0.367 e. The molecule has 0 bridgehead atoms. The van der Waals surface area contributed by atoms with Crippen molar-refractivity contribution >= 4 is 27.0 Å². The molecule has 14 heteroatoms. The smallest absolute Gasteiger partial charge is 0.367 e. The van der Waals surface area contributed by atoms with Gasteiger partial charge in [0.05, 0.1) is 6.04 Å². The maximum absolute atomic E-state index is 12.7. The Labute approximate surface area is 178 Å². The van der Waals surface area contributed by atoms with Gasteiger partial charge in [0, 0.05) is 19.4 Å². The lowest BCUT2D eigenvalue weighted by molar-refractivity contribution is -0.129. The summed E-state index contributed by atoms with van der Waals surface area (Å²) >= 11 is 0. The van der Waals surface area contributed by atoms with E-state index in [0.29, 0.717) is 13.0 Å². The molecule has 2 atom stereocenters. The molecule has 0 spiro atoms. The Balaban J connectivity index is 2.08. The molecular weight excluding hydrogens is 452 g/mol. The molecule has 1 aliphatic rings. The molecule has 2 rings (SSSR count). The highest BCUT2D eigenvalue weighted by Gasteiger charge is 2.58. The highest BCUT2D eigenvalue weighted by molar-refractivity contribution is 7.72. The van der Waals surface area contributed by atoms with Gasteiger partial charge in [-0.1, -0.05) is 30.3 Å². The Morgan fingerprint density at radius 1 is 1.13 bits per heavy atom. The van der Waals surface area contributed by atoms with Gasteiger partial charge in [0.1, 0.15) is 6.04 Å². The second kappa shape index (κ2) is 10.3. The van der Waals surface area contributed by atoms with Crippen molar-refractivity contribution in [2.24, 2.45) is 0 Å². The monoisotopic (exact) mass is 479 g/mol. The summed E-state index contributed by atoms with van der Waals surface area (Å²) < 4.78 is 22.8. The molecule has 0 saturated carbocycles. The van der Waals surface area contributed by atoms with Gasteiger partial charge in [-0.05, 0) is 24.9 Å². The number of amides is 2. The topological polar surface area (TPSA) is 206 Å². The summed E-state index contributed by atoms with van der Waals surface area (Å²) in [7, 11) is -11.2. The molecule has 0 radical (unpaired) electrons. The summed E-state index contributed by atoms with van der Waals surface area (Å²) in [4.78, 5) is 61.8. The van der Waals surface area contributed by atoms with E-state index in [-0.39, 0.29) is 12.3 Å². The van der Waals surface area contributed by atoms with E-state index >= 15 is 0 Å². The number of benzene rings is 1. The van der Waals surface area contributed by atoms with E-state index in [4.69, 9.17) is 0 Å². The Kier molecular flexibility index (Phi) is 8.54. The highest BCUT2D eigenvalue weighted by Crippen LogP contribution is 2.68. The molecule has 1 fully saturated rings. The molecule has 0 aromatic heterocycles. The molecule has 174 valence electrons. The van der Waals surface area contributed by atoms with E-state index in [1.165, 1.54) is 0 Å². The predicted molar refractivity (Wildman–Crippen MR) is 110 cm³/mol. The van der Waals surface area contributed by atoms with Crippen LogP contribution in [0.3, 0.4) is 0 Å². The molecule has 31 heavy (non-hydrogen) atoms. The van der Waals surface area contributed by atoms with Gasteiger partial charge in [0.25, 0.3) is 5.08 Å². The van der Waals surface area contributed by atoms with Crippen molar-refractivity contribution in [3.8, 4) is 0 Å². The third kappa shape index (κ3) is 6.68. The lowest BCUT2D eigenvalue weighted by Gasteiger charge is -2.29. The first-order chi connectivity index (χ1) is 14.3. The van der Waals surface area contributed by atoms with Crippen LogP contribution in [-0.4, -0.2) is 66.8 Å². The molecule has 8 N–H and O–H groups in total. The van der Waals surface area contributed by atoms with Crippen LogP contribution in [0.5, 0.6) is 0 Å². The fourth-order valence-corrected chi connectivity index (χ4v) is 5.34. The molecule has 1 saturated heterocycles. The van der Waals surface area contributed by atoms with Gasteiger partial charge in [0.15, 0.2) is 0 Å². The normalized spacial score (nSPS) is 18.4. The molecule has 0 unspecified atom stereocenters. The summed E-state index contributed by atoms with van der Waals surface area (Å²) in [5.41, 5.74) is 0.740. The minimum absolute atomic E-state index is 0.117. The Hall–Kier alpha value is -1.62. The zero-order chi connectivity index (χ0) is 23.3. The standard InChI is InChI=1S/C17H27N3O9P2/c21-15(19-10-8-17(23,30(24,25)26)31(27,28)29)14(11-12-5-2-1-3-6-12)20-16(22)13-7-4-9-18-13/h1-3,5-6,13-14,18,23H,4,7-11H2,(H,19,21)(H,20,22)(H2,24,25,26)(H2,27,28,29)/t13-,14-/m0/s1. The average Bonchev–Trinajstić information content (AvgIpc) is 3.21. The molecule has 0 aliphatic carbocycles. The lowest BCUT2D eigenvalue weighted by Crippen LogP contribution is -2.52. The molecule has 12 nitrogen and oxygen atoms in total. The number of carbonyl (C=O) groups excluding carboxylic acids is 2. The summed E-state index contributed by atoms with van der Waals surface area (Å²) in [6, 6.07) is 7.30. The van der Waals surface area contributed by atoms with Crippen molar-refractivity contribution in [1.29, 1.82) is 0 Å². The molecule has 1 aliphatic heterocycles. The van der Waals surface area contributed by atoms with Gasteiger partial charge in [-0.25, -0.2) is 0 Å². The first kappa shape index (κ1) is 25.6. The molecule has 1 aromatic rings. The number of nitrogens with one attached hydrogen (secondary N) is 3. The van der Waals surface area contributed by atoms with Gasteiger partial charge in [0.2, 0.25) is 11.8 Å². The van der Waals surface area contributed by atoms with E-state index < -0.39 is 51.2 Å². The number of hydrogen-bond donors (Lipinski definition) is 8. The van der Waals surface area contributed by atoms with Crippen LogP contribution in [0.15, 0.2) is 30.3 Å². The summed E-state index contributed by atoms with van der Waals surface area (Å²) in [6.45, 7) is 0.0331. The minimum atomic E-state index is -5.62. The number of carbonyl (C=O) groups is 2. The quantitative estimate of drug-likeness (QED) is 0.192. The van der Waals surface area contributed by atoms with Gasteiger partial charge in [-0.15, -0.1) is 0 Å². The maximum Gasteiger partial charge on any atom is 0.369 e. The van der Waals surface area contributed by atoms with Crippen LogP contribution < -0.4 is 16.0 Å². The maximum atomic E-state index is 12.7. The van der Waals surface area contributed by atoms with Crippen LogP contribution >= 0.6 is 15.2 Å². The lowest BCUT2D eigenvalue weighted by atomic mass is 10.0. The van der Waals surface area contributed by atoms with E-state index in [1.807, 2.05) is 0 Å².